The molecule has 1 aliphatic rings. The van der Waals surface area contributed by atoms with E-state index in [1.807, 2.05) is 29.7 Å². The van der Waals surface area contributed by atoms with E-state index in [1.54, 1.807) is 29.2 Å². The van der Waals surface area contributed by atoms with Gasteiger partial charge < -0.3 is 9.88 Å². The standard InChI is InChI=1S/C29H35ClN4O2/c1-3-4-18-34(29(36)23-13-10-14-24(30)20-23)27-26(33-19-9-8-15-25(33)32-27)28(35)31-21(2)16-17-22-11-6-5-7-12-22/h5-7,10-14,20-21H,3-4,8-9,15-19H2,1-2H3,(H,31,35). The minimum Gasteiger partial charge on any atom is -0.348 e. The second-order valence-electron chi connectivity index (χ2n) is 9.53. The van der Waals surface area contributed by atoms with Crippen LogP contribution in [0.1, 0.15) is 78.2 Å². The van der Waals surface area contributed by atoms with Gasteiger partial charge in [-0.25, -0.2) is 4.98 Å². The number of unbranched alkanes of at least 4 members (excludes halogenated alkanes) is 1. The second-order valence-corrected chi connectivity index (χ2v) is 9.96. The number of amides is 2. The molecular weight excluding hydrogens is 472 g/mol. The Morgan fingerprint density at radius 2 is 1.94 bits per heavy atom. The fourth-order valence-corrected chi connectivity index (χ4v) is 4.86. The van der Waals surface area contributed by atoms with E-state index < -0.39 is 0 Å². The number of imidazole rings is 1. The molecule has 0 fully saturated rings. The van der Waals surface area contributed by atoms with E-state index in [9.17, 15) is 9.59 Å². The predicted molar refractivity (Wildman–Crippen MR) is 145 cm³/mol. The maximum Gasteiger partial charge on any atom is 0.272 e. The fourth-order valence-electron chi connectivity index (χ4n) is 4.67. The molecule has 3 aromatic rings. The molecule has 1 atom stereocenters. The number of hydrogen-bond donors (Lipinski definition) is 1. The Morgan fingerprint density at radius 3 is 2.69 bits per heavy atom. The lowest BCUT2D eigenvalue weighted by molar-refractivity contribution is 0.0928. The predicted octanol–water partition coefficient (Wildman–Crippen LogP) is 6.07. The van der Waals surface area contributed by atoms with E-state index in [1.165, 1.54) is 5.56 Å². The van der Waals surface area contributed by atoms with Crippen LogP contribution in [0.25, 0.3) is 0 Å². The van der Waals surface area contributed by atoms with Gasteiger partial charge in [-0.1, -0.05) is 61.3 Å². The Balaban J connectivity index is 1.62. The van der Waals surface area contributed by atoms with Crippen LogP contribution in [0.4, 0.5) is 5.82 Å². The number of aryl methyl sites for hydroxylation is 2. The number of carbonyl (C=O) groups is 2. The number of hydrogen-bond acceptors (Lipinski definition) is 3. The van der Waals surface area contributed by atoms with Crippen molar-refractivity contribution in [3.63, 3.8) is 0 Å². The molecule has 36 heavy (non-hydrogen) atoms. The van der Waals surface area contributed by atoms with Gasteiger partial charge in [0.1, 0.15) is 5.82 Å². The maximum absolute atomic E-state index is 13.7. The average molecular weight is 507 g/mol. The van der Waals surface area contributed by atoms with Crippen molar-refractivity contribution in [3.8, 4) is 0 Å². The van der Waals surface area contributed by atoms with Crippen molar-refractivity contribution in [1.29, 1.82) is 0 Å². The number of benzene rings is 2. The van der Waals surface area contributed by atoms with Crippen molar-refractivity contribution in [1.82, 2.24) is 14.9 Å². The Kier molecular flexibility index (Phi) is 8.81. The van der Waals surface area contributed by atoms with Gasteiger partial charge >= 0.3 is 0 Å². The monoisotopic (exact) mass is 506 g/mol. The summed E-state index contributed by atoms with van der Waals surface area (Å²) in [5.41, 5.74) is 2.23. The third-order valence-corrected chi connectivity index (χ3v) is 6.90. The molecule has 0 bridgehead atoms. The van der Waals surface area contributed by atoms with E-state index >= 15 is 0 Å². The van der Waals surface area contributed by atoms with Crippen LogP contribution in [-0.2, 0) is 19.4 Å². The second kappa shape index (κ2) is 12.2. The van der Waals surface area contributed by atoms with Gasteiger partial charge in [0.2, 0.25) is 0 Å². The van der Waals surface area contributed by atoms with Gasteiger partial charge in [-0.3, -0.25) is 14.5 Å². The highest BCUT2D eigenvalue weighted by molar-refractivity contribution is 6.31. The summed E-state index contributed by atoms with van der Waals surface area (Å²) in [6.45, 7) is 5.33. The Morgan fingerprint density at radius 1 is 1.14 bits per heavy atom. The van der Waals surface area contributed by atoms with Crippen molar-refractivity contribution in [2.75, 3.05) is 11.4 Å². The largest absolute Gasteiger partial charge is 0.348 e. The SMILES string of the molecule is CCCCN(C(=O)c1cccc(Cl)c1)c1nc2n(c1C(=O)NC(C)CCc1ccccc1)CCCC2. The van der Waals surface area contributed by atoms with Crippen molar-refractivity contribution in [2.45, 2.75) is 71.4 Å². The van der Waals surface area contributed by atoms with E-state index in [0.29, 0.717) is 28.6 Å². The van der Waals surface area contributed by atoms with Crippen LogP contribution in [0.5, 0.6) is 0 Å². The van der Waals surface area contributed by atoms with Crippen LogP contribution in [0.3, 0.4) is 0 Å². The van der Waals surface area contributed by atoms with Crippen LogP contribution in [0.2, 0.25) is 5.02 Å². The van der Waals surface area contributed by atoms with E-state index in [2.05, 4.69) is 24.4 Å². The first-order valence-electron chi connectivity index (χ1n) is 13.0. The number of carbonyl (C=O) groups excluding carboxylic acids is 2. The quantitative estimate of drug-likeness (QED) is 0.363. The number of aromatic nitrogens is 2. The zero-order valence-corrected chi connectivity index (χ0v) is 21.9. The summed E-state index contributed by atoms with van der Waals surface area (Å²) < 4.78 is 2.02. The number of rotatable bonds is 10. The van der Waals surface area contributed by atoms with Crippen LogP contribution in [-0.4, -0.2) is 34.0 Å². The molecule has 0 aliphatic carbocycles. The summed E-state index contributed by atoms with van der Waals surface area (Å²) in [5, 5.41) is 3.69. The average Bonchev–Trinajstić information content (AvgIpc) is 3.27. The molecule has 7 heteroatoms. The van der Waals surface area contributed by atoms with Gasteiger partial charge in [0.05, 0.1) is 0 Å². The summed E-state index contributed by atoms with van der Waals surface area (Å²) in [5.74, 6) is 0.969. The topological polar surface area (TPSA) is 67.2 Å². The molecular formula is C29H35ClN4O2. The molecule has 6 nitrogen and oxygen atoms in total. The molecule has 0 spiro atoms. The lowest BCUT2D eigenvalue weighted by atomic mass is 10.1. The number of nitrogens with one attached hydrogen (secondary N) is 1. The summed E-state index contributed by atoms with van der Waals surface area (Å²) in [6, 6.07) is 17.2. The number of anilines is 1. The summed E-state index contributed by atoms with van der Waals surface area (Å²) >= 11 is 6.18. The van der Waals surface area contributed by atoms with Gasteiger partial charge in [0.15, 0.2) is 11.5 Å². The Hall–Kier alpha value is -3.12. The summed E-state index contributed by atoms with van der Waals surface area (Å²) in [7, 11) is 0. The smallest absolute Gasteiger partial charge is 0.272 e. The molecule has 2 amide bonds. The molecule has 0 radical (unpaired) electrons. The maximum atomic E-state index is 13.7. The highest BCUT2D eigenvalue weighted by Crippen LogP contribution is 2.28. The molecule has 2 aromatic carbocycles. The molecule has 1 aliphatic heterocycles. The minimum atomic E-state index is -0.187. The number of halogens is 1. The molecule has 2 heterocycles. The summed E-state index contributed by atoms with van der Waals surface area (Å²) in [6.07, 6.45) is 6.26. The number of fused-ring (bicyclic) bond motifs is 1. The third-order valence-electron chi connectivity index (χ3n) is 6.67. The van der Waals surface area contributed by atoms with Crippen molar-refractivity contribution >= 4 is 29.2 Å². The molecule has 1 unspecified atom stereocenters. The van der Waals surface area contributed by atoms with Crippen LogP contribution in [0, 0.1) is 0 Å². The number of nitrogens with zero attached hydrogens (tertiary/aromatic N) is 3. The fraction of sp³-hybridized carbons (Fsp3) is 0.414. The van der Waals surface area contributed by atoms with Crippen LogP contribution >= 0.6 is 11.6 Å². The van der Waals surface area contributed by atoms with E-state index in [0.717, 1.165) is 57.3 Å². The lowest BCUT2D eigenvalue weighted by Crippen LogP contribution is -2.38. The first kappa shape index (κ1) is 26.0. The normalized spacial score (nSPS) is 13.6. The third kappa shape index (κ3) is 6.16. The van der Waals surface area contributed by atoms with Crippen LogP contribution in [0.15, 0.2) is 54.6 Å². The van der Waals surface area contributed by atoms with Gasteiger partial charge in [-0.15, -0.1) is 0 Å². The van der Waals surface area contributed by atoms with Gasteiger partial charge in [0, 0.05) is 36.1 Å². The highest BCUT2D eigenvalue weighted by atomic mass is 35.5. The first-order valence-corrected chi connectivity index (χ1v) is 13.4. The van der Waals surface area contributed by atoms with E-state index in [-0.39, 0.29) is 17.9 Å². The van der Waals surface area contributed by atoms with Crippen LogP contribution < -0.4 is 10.2 Å². The van der Waals surface area contributed by atoms with Crippen molar-refractivity contribution < 1.29 is 9.59 Å². The molecule has 190 valence electrons. The lowest BCUT2D eigenvalue weighted by Gasteiger charge is -2.23. The molecule has 0 saturated carbocycles. The Labute approximate surface area is 218 Å². The van der Waals surface area contributed by atoms with Gasteiger partial charge in [0.25, 0.3) is 11.8 Å². The zero-order chi connectivity index (χ0) is 25.5. The van der Waals surface area contributed by atoms with E-state index in [4.69, 9.17) is 16.6 Å². The zero-order valence-electron chi connectivity index (χ0n) is 21.2. The van der Waals surface area contributed by atoms with Gasteiger partial charge in [-0.05, 0) is 62.8 Å². The Bertz CT molecular complexity index is 1190. The van der Waals surface area contributed by atoms with Crippen molar-refractivity contribution in [3.05, 3.63) is 82.3 Å². The first-order chi connectivity index (χ1) is 17.5. The van der Waals surface area contributed by atoms with Gasteiger partial charge in [-0.2, -0.15) is 0 Å². The molecule has 1 aromatic heterocycles. The minimum absolute atomic E-state index is 0.0204. The molecule has 4 rings (SSSR count). The van der Waals surface area contributed by atoms with Crippen molar-refractivity contribution in [2.24, 2.45) is 0 Å². The summed E-state index contributed by atoms with van der Waals surface area (Å²) in [4.78, 5) is 33.9. The molecule has 0 saturated heterocycles. The highest BCUT2D eigenvalue weighted by Gasteiger charge is 2.31. The molecule has 1 N–H and O–H groups in total.